The zero-order valence-electron chi connectivity index (χ0n) is 7.38. The Kier molecular flexibility index (Phi) is 3.95. The smallest absolute Gasteiger partial charge is 0.339 e. The van der Waals surface area contributed by atoms with Gasteiger partial charge in [0, 0.05) is 4.47 Å². The zero-order chi connectivity index (χ0) is 10.7. The average molecular weight is 324 g/mol. The van der Waals surface area contributed by atoms with E-state index in [1.807, 2.05) is 0 Å². The monoisotopic (exact) mass is 322 g/mol. The molecule has 0 radical (unpaired) electrons. The van der Waals surface area contributed by atoms with Crippen LogP contribution in [0.1, 0.15) is 17.3 Å². The third-order valence-electron chi connectivity index (χ3n) is 1.53. The number of benzene rings is 1. The molecule has 0 aromatic heterocycles. The average Bonchev–Trinajstić information content (AvgIpc) is 2.09. The second-order valence-corrected chi connectivity index (χ2v) is 4.27. The van der Waals surface area contributed by atoms with Gasteiger partial charge >= 0.3 is 5.97 Å². The van der Waals surface area contributed by atoms with E-state index in [0.717, 1.165) is 0 Å². The van der Waals surface area contributed by atoms with Crippen LogP contribution >= 0.6 is 31.9 Å². The van der Waals surface area contributed by atoms with Crippen LogP contribution in [0.15, 0.2) is 21.1 Å². The topological polar surface area (TPSA) is 46.5 Å². The molecule has 0 heterocycles. The number of rotatable bonds is 3. The Morgan fingerprint density at radius 1 is 1.50 bits per heavy atom. The second-order valence-electron chi connectivity index (χ2n) is 2.50. The van der Waals surface area contributed by atoms with E-state index in [2.05, 4.69) is 31.9 Å². The van der Waals surface area contributed by atoms with Gasteiger partial charge in [-0.1, -0.05) is 15.9 Å². The van der Waals surface area contributed by atoms with Gasteiger partial charge in [-0.3, -0.25) is 0 Å². The molecule has 0 atom stereocenters. The van der Waals surface area contributed by atoms with Crippen LogP contribution in [-0.2, 0) is 0 Å². The molecule has 0 bridgehead atoms. The van der Waals surface area contributed by atoms with Crippen LogP contribution in [0.3, 0.4) is 0 Å². The van der Waals surface area contributed by atoms with E-state index < -0.39 is 5.97 Å². The quantitative estimate of drug-likeness (QED) is 0.928. The first-order valence-corrected chi connectivity index (χ1v) is 5.50. The van der Waals surface area contributed by atoms with Gasteiger partial charge in [-0.05, 0) is 35.0 Å². The molecule has 1 aromatic rings. The molecule has 1 N–H and O–H groups in total. The molecular formula is C9H8Br2O3. The highest BCUT2D eigenvalue weighted by Crippen LogP contribution is 2.32. The van der Waals surface area contributed by atoms with Crippen molar-refractivity contribution in [1.82, 2.24) is 0 Å². The first-order chi connectivity index (χ1) is 6.56. The summed E-state index contributed by atoms with van der Waals surface area (Å²) in [5.74, 6) is -0.640. The molecule has 0 unspecified atom stereocenters. The van der Waals surface area contributed by atoms with Crippen molar-refractivity contribution in [1.29, 1.82) is 0 Å². The normalized spacial score (nSPS) is 9.93. The van der Waals surface area contributed by atoms with Crippen LogP contribution in [0.5, 0.6) is 5.75 Å². The first kappa shape index (κ1) is 11.5. The van der Waals surface area contributed by atoms with Crippen LogP contribution in [0, 0.1) is 0 Å². The van der Waals surface area contributed by atoms with Crippen molar-refractivity contribution in [2.24, 2.45) is 0 Å². The summed E-state index contributed by atoms with van der Waals surface area (Å²) in [6.45, 7) is 2.24. The van der Waals surface area contributed by atoms with E-state index in [4.69, 9.17) is 9.84 Å². The Labute approximate surface area is 98.3 Å². The molecule has 0 fully saturated rings. The van der Waals surface area contributed by atoms with E-state index in [9.17, 15) is 4.79 Å². The van der Waals surface area contributed by atoms with Gasteiger partial charge < -0.3 is 9.84 Å². The summed E-state index contributed by atoms with van der Waals surface area (Å²) < 4.78 is 6.57. The summed E-state index contributed by atoms with van der Waals surface area (Å²) in [5, 5.41) is 8.92. The lowest BCUT2D eigenvalue weighted by Crippen LogP contribution is -2.03. The van der Waals surface area contributed by atoms with E-state index in [-0.39, 0.29) is 5.56 Å². The lowest BCUT2D eigenvalue weighted by Gasteiger charge is -2.09. The third kappa shape index (κ3) is 2.48. The first-order valence-electron chi connectivity index (χ1n) is 3.91. The molecule has 0 amide bonds. The largest absolute Gasteiger partial charge is 0.492 e. The van der Waals surface area contributed by atoms with Gasteiger partial charge in [0.05, 0.1) is 11.1 Å². The molecule has 0 aliphatic heterocycles. The molecule has 76 valence electrons. The molecule has 5 heteroatoms. The Morgan fingerprint density at radius 2 is 2.14 bits per heavy atom. The number of carboxylic acid groups (broad SMARTS) is 1. The minimum Gasteiger partial charge on any atom is -0.492 e. The van der Waals surface area contributed by atoms with Crippen molar-refractivity contribution in [3.63, 3.8) is 0 Å². The standard InChI is InChI=1S/C9H8Br2O3/c1-2-14-8-6(9(12)13)3-5(10)4-7(8)11/h3-4H,2H2,1H3,(H,12,13). The minimum absolute atomic E-state index is 0.146. The summed E-state index contributed by atoms with van der Waals surface area (Å²) in [6, 6.07) is 3.26. The van der Waals surface area contributed by atoms with Crippen LogP contribution < -0.4 is 4.74 Å². The molecule has 3 nitrogen and oxygen atoms in total. The number of aromatic carboxylic acids is 1. The molecule has 1 aromatic carbocycles. The van der Waals surface area contributed by atoms with E-state index in [1.54, 1.807) is 13.0 Å². The van der Waals surface area contributed by atoms with Gasteiger partial charge in [0.1, 0.15) is 11.3 Å². The van der Waals surface area contributed by atoms with Gasteiger partial charge in [0.25, 0.3) is 0 Å². The number of hydrogen-bond donors (Lipinski definition) is 1. The van der Waals surface area contributed by atoms with Gasteiger partial charge in [-0.25, -0.2) is 4.79 Å². The van der Waals surface area contributed by atoms with Crippen molar-refractivity contribution in [2.75, 3.05) is 6.61 Å². The number of halogens is 2. The predicted octanol–water partition coefficient (Wildman–Crippen LogP) is 3.31. The van der Waals surface area contributed by atoms with E-state index in [0.29, 0.717) is 21.3 Å². The maximum atomic E-state index is 10.9. The Hall–Kier alpha value is -0.550. The second kappa shape index (κ2) is 4.79. The van der Waals surface area contributed by atoms with Crippen molar-refractivity contribution in [3.05, 3.63) is 26.6 Å². The number of hydrogen-bond acceptors (Lipinski definition) is 2. The Morgan fingerprint density at radius 3 is 2.64 bits per heavy atom. The molecule has 1 rings (SSSR count). The highest BCUT2D eigenvalue weighted by molar-refractivity contribution is 9.11. The number of ether oxygens (including phenoxy) is 1. The maximum absolute atomic E-state index is 10.9. The van der Waals surface area contributed by atoms with Gasteiger partial charge in [0.15, 0.2) is 0 Å². The molecule has 0 saturated carbocycles. The van der Waals surface area contributed by atoms with Crippen molar-refractivity contribution < 1.29 is 14.6 Å². The van der Waals surface area contributed by atoms with Gasteiger partial charge in [0.2, 0.25) is 0 Å². The van der Waals surface area contributed by atoms with Gasteiger partial charge in [-0.15, -0.1) is 0 Å². The minimum atomic E-state index is -1.00. The third-order valence-corrected chi connectivity index (χ3v) is 2.57. The molecule has 0 aliphatic rings. The van der Waals surface area contributed by atoms with Crippen molar-refractivity contribution in [3.8, 4) is 5.75 Å². The SMILES string of the molecule is CCOc1c(Br)cc(Br)cc1C(=O)O. The van der Waals surface area contributed by atoms with E-state index >= 15 is 0 Å². The van der Waals surface area contributed by atoms with Crippen LogP contribution in [0.25, 0.3) is 0 Å². The molecule has 14 heavy (non-hydrogen) atoms. The molecule has 0 spiro atoms. The fourth-order valence-corrected chi connectivity index (χ4v) is 2.35. The Bertz CT molecular complexity index is 363. The molecular weight excluding hydrogens is 316 g/mol. The van der Waals surface area contributed by atoms with Crippen molar-refractivity contribution >= 4 is 37.8 Å². The highest BCUT2D eigenvalue weighted by Gasteiger charge is 2.15. The fraction of sp³-hybridized carbons (Fsp3) is 0.222. The Balaban J connectivity index is 3.28. The number of carboxylic acids is 1. The zero-order valence-corrected chi connectivity index (χ0v) is 10.6. The van der Waals surface area contributed by atoms with E-state index in [1.165, 1.54) is 6.07 Å². The van der Waals surface area contributed by atoms with Crippen molar-refractivity contribution in [2.45, 2.75) is 6.92 Å². The summed E-state index contributed by atoms with van der Waals surface area (Å²) >= 11 is 6.47. The summed E-state index contributed by atoms with van der Waals surface area (Å²) in [5.41, 5.74) is 0.146. The number of carbonyl (C=O) groups is 1. The summed E-state index contributed by atoms with van der Waals surface area (Å²) in [6.07, 6.45) is 0. The van der Waals surface area contributed by atoms with Gasteiger partial charge in [-0.2, -0.15) is 0 Å². The summed E-state index contributed by atoms with van der Waals surface area (Å²) in [7, 11) is 0. The van der Waals surface area contributed by atoms with Crippen LogP contribution in [-0.4, -0.2) is 17.7 Å². The van der Waals surface area contributed by atoms with Crippen LogP contribution in [0.4, 0.5) is 0 Å². The predicted molar refractivity (Wildman–Crippen MR) is 60.0 cm³/mol. The maximum Gasteiger partial charge on any atom is 0.339 e. The lowest BCUT2D eigenvalue weighted by molar-refractivity contribution is 0.0692. The molecule has 0 aliphatic carbocycles. The highest BCUT2D eigenvalue weighted by atomic mass is 79.9. The molecule has 0 saturated heterocycles. The summed E-state index contributed by atoms with van der Waals surface area (Å²) in [4.78, 5) is 10.9. The van der Waals surface area contributed by atoms with Crippen LogP contribution in [0.2, 0.25) is 0 Å². The lowest BCUT2D eigenvalue weighted by atomic mass is 10.2. The fourth-order valence-electron chi connectivity index (χ4n) is 1.01.